The molecule has 0 fully saturated rings. The molecular weight excluding hydrogens is 224 g/mol. The van der Waals surface area contributed by atoms with Crippen molar-refractivity contribution in [3.05, 3.63) is 18.2 Å². The molecule has 94 valence electrons. The minimum atomic E-state index is -1.03. The molecule has 0 aliphatic heterocycles. The van der Waals surface area contributed by atoms with Crippen LogP contribution in [-0.4, -0.2) is 39.1 Å². The lowest BCUT2D eigenvalue weighted by atomic mass is 10.2. The van der Waals surface area contributed by atoms with Crippen molar-refractivity contribution in [3.8, 4) is 0 Å². The van der Waals surface area contributed by atoms with Crippen LogP contribution in [0.5, 0.6) is 0 Å². The Kier molecular flexibility index (Phi) is 4.65. The topological polar surface area (TPSA) is 110 Å². The molecule has 1 amide bonds. The molecule has 0 radical (unpaired) electrons. The SMILES string of the molecule is Cn1cncc1C(=O)NCCCC(N)C(=O)O. The number of nitrogens with two attached hydrogens (primary N) is 1. The van der Waals surface area contributed by atoms with Crippen molar-refractivity contribution < 1.29 is 14.7 Å². The van der Waals surface area contributed by atoms with Crippen LogP contribution in [0.1, 0.15) is 23.3 Å². The summed E-state index contributed by atoms with van der Waals surface area (Å²) in [5.74, 6) is -1.25. The molecule has 1 aromatic heterocycles. The number of carboxylic acid groups (broad SMARTS) is 1. The van der Waals surface area contributed by atoms with E-state index in [1.165, 1.54) is 12.5 Å². The zero-order valence-corrected chi connectivity index (χ0v) is 9.59. The van der Waals surface area contributed by atoms with Gasteiger partial charge in [0.2, 0.25) is 0 Å². The molecule has 4 N–H and O–H groups in total. The predicted octanol–water partition coefficient (Wildman–Crippen LogP) is -0.658. The van der Waals surface area contributed by atoms with Crippen LogP contribution < -0.4 is 11.1 Å². The lowest BCUT2D eigenvalue weighted by molar-refractivity contribution is -0.138. The number of rotatable bonds is 6. The molecule has 0 spiro atoms. The average molecular weight is 240 g/mol. The highest BCUT2D eigenvalue weighted by atomic mass is 16.4. The number of carbonyl (C=O) groups is 2. The van der Waals surface area contributed by atoms with E-state index in [9.17, 15) is 9.59 Å². The van der Waals surface area contributed by atoms with Gasteiger partial charge in [0.1, 0.15) is 11.7 Å². The second-order valence-electron chi connectivity index (χ2n) is 3.73. The van der Waals surface area contributed by atoms with Crippen molar-refractivity contribution in [2.45, 2.75) is 18.9 Å². The largest absolute Gasteiger partial charge is 0.480 e. The molecule has 0 aliphatic rings. The summed E-state index contributed by atoms with van der Waals surface area (Å²) in [5.41, 5.74) is 5.79. The number of aromatic nitrogens is 2. The van der Waals surface area contributed by atoms with Gasteiger partial charge in [0.05, 0.1) is 12.5 Å². The summed E-state index contributed by atoms with van der Waals surface area (Å²) in [6.07, 6.45) is 3.87. The van der Waals surface area contributed by atoms with Crippen LogP contribution in [0.2, 0.25) is 0 Å². The Morgan fingerprint density at radius 2 is 2.35 bits per heavy atom. The minimum Gasteiger partial charge on any atom is -0.480 e. The number of carboxylic acids is 1. The van der Waals surface area contributed by atoms with Crippen molar-refractivity contribution >= 4 is 11.9 Å². The summed E-state index contributed by atoms with van der Waals surface area (Å²) in [4.78, 5) is 25.8. The highest BCUT2D eigenvalue weighted by molar-refractivity contribution is 5.92. The highest BCUT2D eigenvalue weighted by Crippen LogP contribution is 1.97. The summed E-state index contributed by atoms with van der Waals surface area (Å²) < 4.78 is 1.61. The molecular formula is C10H16N4O3. The van der Waals surface area contributed by atoms with Crippen LogP contribution in [0.4, 0.5) is 0 Å². The molecule has 1 aromatic rings. The Morgan fingerprint density at radius 3 is 2.88 bits per heavy atom. The van der Waals surface area contributed by atoms with E-state index in [4.69, 9.17) is 10.8 Å². The first-order valence-corrected chi connectivity index (χ1v) is 5.25. The first kappa shape index (κ1) is 13.2. The number of carbonyl (C=O) groups excluding carboxylic acids is 1. The lowest BCUT2D eigenvalue weighted by Crippen LogP contribution is -2.32. The number of hydrogen-bond acceptors (Lipinski definition) is 4. The molecule has 1 unspecified atom stereocenters. The first-order chi connectivity index (χ1) is 8.02. The number of aryl methyl sites for hydroxylation is 1. The van der Waals surface area contributed by atoms with E-state index < -0.39 is 12.0 Å². The zero-order valence-electron chi connectivity index (χ0n) is 9.59. The van der Waals surface area contributed by atoms with Crippen molar-refractivity contribution in [2.75, 3.05) is 6.54 Å². The van der Waals surface area contributed by atoms with Crippen LogP contribution in [0.15, 0.2) is 12.5 Å². The molecule has 0 saturated carbocycles. The van der Waals surface area contributed by atoms with Gasteiger partial charge >= 0.3 is 5.97 Å². The van der Waals surface area contributed by atoms with Crippen LogP contribution >= 0.6 is 0 Å². The maximum atomic E-state index is 11.6. The number of nitrogens with zero attached hydrogens (tertiary/aromatic N) is 2. The summed E-state index contributed by atoms with van der Waals surface area (Å²) >= 11 is 0. The van der Waals surface area contributed by atoms with Crippen molar-refractivity contribution in [2.24, 2.45) is 12.8 Å². The van der Waals surface area contributed by atoms with Crippen LogP contribution in [0, 0.1) is 0 Å². The standard InChI is InChI=1S/C10H16N4O3/c1-14-6-12-5-8(14)9(15)13-4-2-3-7(11)10(16)17/h5-7H,2-4,11H2,1H3,(H,13,15)(H,16,17). The molecule has 1 atom stereocenters. The summed E-state index contributed by atoms with van der Waals surface area (Å²) in [6, 6.07) is -0.872. The van der Waals surface area contributed by atoms with E-state index in [1.54, 1.807) is 11.6 Å². The number of aliphatic carboxylic acids is 1. The Balaban J connectivity index is 2.26. The second-order valence-corrected chi connectivity index (χ2v) is 3.73. The molecule has 1 heterocycles. The van der Waals surface area contributed by atoms with E-state index in [2.05, 4.69) is 10.3 Å². The van der Waals surface area contributed by atoms with E-state index in [0.29, 0.717) is 25.1 Å². The summed E-state index contributed by atoms with van der Waals surface area (Å²) in [7, 11) is 1.72. The van der Waals surface area contributed by atoms with Gasteiger partial charge in [-0.15, -0.1) is 0 Å². The third kappa shape index (κ3) is 3.87. The summed E-state index contributed by atoms with van der Waals surface area (Å²) in [5, 5.41) is 11.2. The Hall–Kier alpha value is -1.89. The second kappa shape index (κ2) is 6.00. The third-order valence-corrected chi connectivity index (χ3v) is 2.34. The van der Waals surface area contributed by atoms with Crippen LogP contribution in [0.25, 0.3) is 0 Å². The monoisotopic (exact) mass is 240 g/mol. The van der Waals surface area contributed by atoms with Gasteiger partial charge in [-0.2, -0.15) is 0 Å². The fraction of sp³-hybridized carbons (Fsp3) is 0.500. The molecule has 0 aromatic carbocycles. The predicted molar refractivity (Wildman–Crippen MR) is 60.4 cm³/mol. The Bertz CT molecular complexity index is 402. The fourth-order valence-corrected chi connectivity index (χ4v) is 1.31. The number of nitrogens with one attached hydrogen (secondary N) is 1. The normalized spacial score (nSPS) is 12.1. The highest BCUT2D eigenvalue weighted by Gasteiger charge is 2.12. The van der Waals surface area contributed by atoms with E-state index >= 15 is 0 Å². The fourth-order valence-electron chi connectivity index (χ4n) is 1.31. The van der Waals surface area contributed by atoms with E-state index in [-0.39, 0.29) is 5.91 Å². The molecule has 0 aliphatic carbocycles. The average Bonchev–Trinajstić information content (AvgIpc) is 2.70. The zero-order chi connectivity index (χ0) is 12.8. The smallest absolute Gasteiger partial charge is 0.320 e. The third-order valence-electron chi connectivity index (χ3n) is 2.34. The Morgan fingerprint density at radius 1 is 1.65 bits per heavy atom. The van der Waals surface area contributed by atoms with Gasteiger partial charge in [-0.25, -0.2) is 4.98 Å². The van der Waals surface area contributed by atoms with E-state index in [0.717, 1.165) is 0 Å². The van der Waals surface area contributed by atoms with Crippen molar-refractivity contribution in [1.29, 1.82) is 0 Å². The van der Waals surface area contributed by atoms with Crippen molar-refractivity contribution in [3.63, 3.8) is 0 Å². The van der Waals surface area contributed by atoms with Gasteiger partial charge in [0, 0.05) is 13.6 Å². The van der Waals surface area contributed by atoms with Gasteiger partial charge in [-0.05, 0) is 12.8 Å². The molecule has 0 bridgehead atoms. The first-order valence-electron chi connectivity index (χ1n) is 5.25. The molecule has 7 nitrogen and oxygen atoms in total. The molecule has 0 saturated heterocycles. The summed E-state index contributed by atoms with van der Waals surface area (Å²) in [6.45, 7) is 0.394. The molecule has 1 rings (SSSR count). The van der Waals surface area contributed by atoms with Gasteiger partial charge < -0.3 is 20.7 Å². The Labute approximate surface area is 98.6 Å². The van der Waals surface area contributed by atoms with Gasteiger partial charge in [0.25, 0.3) is 5.91 Å². The van der Waals surface area contributed by atoms with Crippen LogP contribution in [-0.2, 0) is 11.8 Å². The quantitative estimate of drug-likeness (QED) is 0.572. The lowest BCUT2D eigenvalue weighted by Gasteiger charge is -2.07. The van der Waals surface area contributed by atoms with E-state index in [1.807, 2.05) is 0 Å². The van der Waals surface area contributed by atoms with Crippen LogP contribution in [0.3, 0.4) is 0 Å². The number of hydrogen-bond donors (Lipinski definition) is 3. The van der Waals surface area contributed by atoms with Gasteiger partial charge in [-0.3, -0.25) is 9.59 Å². The maximum absolute atomic E-state index is 11.6. The van der Waals surface area contributed by atoms with Crippen molar-refractivity contribution in [1.82, 2.24) is 14.9 Å². The van der Waals surface area contributed by atoms with Gasteiger partial charge in [0.15, 0.2) is 0 Å². The molecule has 17 heavy (non-hydrogen) atoms. The van der Waals surface area contributed by atoms with Gasteiger partial charge in [-0.1, -0.05) is 0 Å². The maximum Gasteiger partial charge on any atom is 0.320 e. The number of imidazole rings is 1. The molecule has 7 heteroatoms. The number of amides is 1. The minimum absolute atomic E-state index is 0.228.